The standard InChI is InChI=1S/C12H9ClF6N2/c1-5(13)10-20-9-7(15)2-6(14)3-8(9)21(10)4-12(18,19)11(16)17/h2-3,5,11H,4H2,1H3. The summed E-state index contributed by atoms with van der Waals surface area (Å²) in [6.07, 6.45) is -3.92. The van der Waals surface area contributed by atoms with E-state index in [9.17, 15) is 26.3 Å². The highest BCUT2D eigenvalue weighted by Gasteiger charge is 2.42. The van der Waals surface area contributed by atoms with Crippen molar-refractivity contribution < 1.29 is 26.3 Å². The van der Waals surface area contributed by atoms with Crippen molar-refractivity contribution >= 4 is 22.6 Å². The van der Waals surface area contributed by atoms with Gasteiger partial charge in [-0.05, 0) is 13.0 Å². The maximum atomic E-state index is 13.6. The first-order chi connectivity index (χ1) is 9.63. The Hall–Kier alpha value is -1.44. The number of rotatable bonds is 4. The monoisotopic (exact) mass is 330 g/mol. The van der Waals surface area contributed by atoms with Gasteiger partial charge in [0.15, 0.2) is 5.82 Å². The molecule has 1 heterocycles. The second-order valence-corrected chi connectivity index (χ2v) is 5.14. The lowest BCUT2D eigenvalue weighted by Crippen LogP contribution is -2.32. The number of hydrogen-bond acceptors (Lipinski definition) is 1. The van der Waals surface area contributed by atoms with Gasteiger partial charge in [0.05, 0.1) is 17.4 Å². The lowest BCUT2D eigenvalue weighted by atomic mass is 10.2. The van der Waals surface area contributed by atoms with Crippen molar-refractivity contribution in [3.8, 4) is 0 Å². The fraction of sp³-hybridized carbons (Fsp3) is 0.417. The van der Waals surface area contributed by atoms with Crippen LogP contribution in [0.15, 0.2) is 12.1 Å². The Kier molecular flexibility index (Phi) is 4.10. The van der Waals surface area contributed by atoms with Crippen molar-refractivity contribution in [2.75, 3.05) is 0 Å². The molecular weight excluding hydrogens is 322 g/mol. The molecule has 0 fully saturated rings. The second kappa shape index (κ2) is 5.40. The molecule has 0 N–H and O–H groups in total. The van der Waals surface area contributed by atoms with Gasteiger partial charge in [-0.2, -0.15) is 8.78 Å². The van der Waals surface area contributed by atoms with E-state index in [2.05, 4.69) is 4.98 Å². The van der Waals surface area contributed by atoms with E-state index < -0.39 is 41.4 Å². The van der Waals surface area contributed by atoms with Crippen LogP contribution in [0, 0.1) is 11.6 Å². The van der Waals surface area contributed by atoms with Crippen LogP contribution >= 0.6 is 11.6 Å². The van der Waals surface area contributed by atoms with Crippen LogP contribution < -0.4 is 0 Å². The molecule has 0 aliphatic carbocycles. The maximum Gasteiger partial charge on any atom is 0.324 e. The summed E-state index contributed by atoms with van der Waals surface area (Å²) in [7, 11) is 0. The van der Waals surface area contributed by atoms with Gasteiger partial charge >= 0.3 is 12.3 Å². The number of hydrogen-bond donors (Lipinski definition) is 0. The van der Waals surface area contributed by atoms with Crippen molar-refractivity contribution in [3.63, 3.8) is 0 Å². The third-order valence-corrected chi connectivity index (χ3v) is 3.04. The summed E-state index contributed by atoms with van der Waals surface area (Å²) in [5.41, 5.74) is -0.751. The van der Waals surface area contributed by atoms with Crippen molar-refractivity contribution in [1.82, 2.24) is 9.55 Å². The highest BCUT2D eigenvalue weighted by atomic mass is 35.5. The summed E-state index contributed by atoms with van der Waals surface area (Å²) >= 11 is 5.75. The molecule has 21 heavy (non-hydrogen) atoms. The van der Waals surface area contributed by atoms with Crippen LogP contribution in [-0.4, -0.2) is 21.9 Å². The minimum atomic E-state index is -4.38. The predicted molar refractivity (Wildman–Crippen MR) is 64.9 cm³/mol. The first-order valence-electron chi connectivity index (χ1n) is 5.78. The quantitative estimate of drug-likeness (QED) is 0.595. The molecule has 1 aromatic carbocycles. The Morgan fingerprint density at radius 1 is 1.29 bits per heavy atom. The van der Waals surface area contributed by atoms with E-state index in [1.807, 2.05) is 0 Å². The first-order valence-corrected chi connectivity index (χ1v) is 6.22. The molecule has 1 atom stereocenters. The fourth-order valence-corrected chi connectivity index (χ4v) is 2.08. The zero-order chi connectivity index (χ0) is 15.9. The van der Waals surface area contributed by atoms with Crippen LogP contribution in [0.4, 0.5) is 26.3 Å². The number of benzene rings is 1. The number of imidazole rings is 1. The molecule has 0 saturated heterocycles. The molecule has 0 spiro atoms. The second-order valence-electron chi connectivity index (χ2n) is 4.49. The molecule has 0 aliphatic rings. The average molecular weight is 331 g/mol. The molecule has 9 heteroatoms. The number of fused-ring (bicyclic) bond motifs is 1. The SMILES string of the molecule is CC(Cl)c1nc2c(F)cc(F)cc2n1CC(F)(F)C(F)F. The summed E-state index contributed by atoms with van der Waals surface area (Å²) in [5, 5.41) is -0.951. The van der Waals surface area contributed by atoms with E-state index in [-0.39, 0.29) is 11.3 Å². The molecule has 0 radical (unpaired) electrons. The van der Waals surface area contributed by atoms with Gasteiger partial charge in [-0.1, -0.05) is 0 Å². The first kappa shape index (κ1) is 15.9. The van der Waals surface area contributed by atoms with Gasteiger partial charge in [-0.3, -0.25) is 0 Å². The summed E-state index contributed by atoms with van der Waals surface area (Å²) in [5.74, 6) is -6.73. The normalized spacial score (nSPS) is 14.1. The van der Waals surface area contributed by atoms with Crippen molar-refractivity contribution in [3.05, 3.63) is 29.6 Å². The molecule has 0 aliphatic heterocycles. The van der Waals surface area contributed by atoms with Crippen LogP contribution in [0.2, 0.25) is 0 Å². The Bertz CT molecular complexity index is 667. The zero-order valence-electron chi connectivity index (χ0n) is 10.6. The number of halogens is 7. The van der Waals surface area contributed by atoms with E-state index in [1.54, 1.807) is 0 Å². The topological polar surface area (TPSA) is 17.8 Å². The minimum Gasteiger partial charge on any atom is -0.320 e. The van der Waals surface area contributed by atoms with Gasteiger partial charge in [0.1, 0.15) is 17.2 Å². The van der Waals surface area contributed by atoms with Gasteiger partial charge in [-0.15, -0.1) is 11.6 Å². The molecule has 1 unspecified atom stereocenters. The lowest BCUT2D eigenvalue weighted by molar-refractivity contribution is -0.137. The number of alkyl halides is 5. The van der Waals surface area contributed by atoms with Crippen LogP contribution in [0.1, 0.15) is 18.1 Å². The highest BCUT2D eigenvalue weighted by molar-refractivity contribution is 6.20. The molecule has 116 valence electrons. The van der Waals surface area contributed by atoms with Crippen molar-refractivity contribution in [2.24, 2.45) is 0 Å². The minimum absolute atomic E-state index is 0.239. The Morgan fingerprint density at radius 2 is 1.90 bits per heavy atom. The Balaban J connectivity index is 2.67. The summed E-state index contributed by atoms with van der Waals surface area (Å²) in [6.45, 7) is -0.121. The average Bonchev–Trinajstić information content (AvgIpc) is 2.68. The van der Waals surface area contributed by atoms with E-state index >= 15 is 0 Å². The van der Waals surface area contributed by atoms with E-state index in [0.717, 1.165) is 6.07 Å². The number of nitrogens with zero attached hydrogens (tertiary/aromatic N) is 2. The maximum absolute atomic E-state index is 13.6. The Labute approximate surface area is 120 Å². The lowest BCUT2D eigenvalue weighted by Gasteiger charge is -2.18. The molecule has 1 aromatic heterocycles. The van der Waals surface area contributed by atoms with Crippen molar-refractivity contribution in [1.29, 1.82) is 0 Å². The van der Waals surface area contributed by atoms with Gasteiger partial charge in [-0.25, -0.2) is 22.5 Å². The molecule has 0 bridgehead atoms. The van der Waals surface area contributed by atoms with Gasteiger partial charge in [0, 0.05) is 6.07 Å². The number of aromatic nitrogens is 2. The molecule has 0 saturated carbocycles. The smallest absolute Gasteiger partial charge is 0.320 e. The Morgan fingerprint density at radius 3 is 2.43 bits per heavy atom. The molecule has 2 nitrogen and oxygen atoms in total. The largest absolute Gasteiger partial charge is 0.324 e. The molecule has 0 amide bonds. The molecular formula is C12H9ClF6N2. The van der Waals surface area contributed by atoms with Crippen LogP contribution in [-0.2, 0) is 6.54 Å². The van der Waals surface area contributed by atoms with Gasteiger partial charge in [0.25, 0.3) is 0 Å². The third-order valence-electron chi connectivity index (χ3n) is 2.85. The summed E-state index contributed by atoms with van der Waals surface area (Å²) < 4.78 is 78.6. The summed E-state index contributed by atoms with van der Waals surface area (Å²) in [4.78, 5) is 3.71. The third kappa shape index (κ3) is 2.95. The van der Waals surface area contributed by atoms with Crippen LogP contribution in [0.25, 0.3) is 11.0 Å². The molecule has 2 aromatic rings. The van der Waals surface area contributed by atoms with E-state index in [1.165, 1.54) is 6.92 Å². The van der Waals surface area contributed by atoms with Crippen molar-refractivity contribution in [2.45, 2.75) is 31.2 Å². The fourth-order valence-electron chi connectivity index (χ4n) is 1.92. The highest BCUT2D eigenvalue weighted by Crippen LogP contribution is 2.32. The van der Waals surface area contributed by atoms with Crippen LogP contribution in [0.5, 0.6) is 0 Å². The van der Waals surface area contributed by atoms with Gasteiger partial charge in [0.2, 0.25) is 0 Å². The van der Waals surface area contributed by atoms with E-state index in [4.69, 9.17) is 11.6 Å². The summed E-state index contributed by atoms with van der Waals surface area (Å²) in [6, 6.07) is 1.27. The molecule has 2 rings (SSSR count). The van der Waals surface area contributed by atoms with E-state index in [0.29, 0.717) is 10.6 Å². The van der Waals surface area contributed by atoms with Crippen LogP contribution in [0.3, 0.4) is 0 Å². The predicted octanol–water partition coefficient (Wildman–Crippen LogP) is 4.51. The van der Waals surface area contributed by atoms with Gasteiger partial charge < -0.3 is 4.57 Å². The zero-order valence-corrected chi connectivity index (χ0v) is 11.3.